The molecule has 0 aromatic heterocycles. The van der Waals surface area contributed by atoms with Crippen LogP contribution < -0.4 is 5.32 Å². The second-order valence-corrected chi connectivity index (χ2v) is 5.92. The molecule has 2 aliphatic rings. The van der Waals surface area contributed by atoms with E-state index in [-0.39, 0.29) is 0 Å². The molecule has 1 saturated heterocycles. The SMILES string of the molecule is CCNC1CCOCC1N(CC(C)C)C1CC1. The lowest BCUT2D eigenvalue weighted by atomic mass is 10.00. The van der Waals surface area contributed by atoms with Crippen molar-refractivity contribution in [2.45, 2.75) is 58.2 Å². The van der Waals surface area contributed by atoms with Gasteiger partial charge in [-0.05, 0) is 31.7 Å². The summed E-state index contributed by atoms with van der Waals surface area (Å²) >= 11 is 0. The fourth-order valence-electron chi connectivity index (χ4n) is 2.93. The van der Waals surface area contributed by atoms with E-state index in [0.717, 1.165) is 31.7 Å². The van der Waals surface area contributed by atoms with E-state index in [1.54, 1.807) is 0 Å². The van der Waals surface area contributed by atoms with Gasteiger partial charge in [-0.2, -0.15) is 0 Å². The molecule has 100 valence electrons. The summed E-state index contributed by atoms with van der Waals surface area (Å²) in [5.41, 5.74) is 0. The first-order valence-electron chi connectivity index (χ1n) is 7.29. The van der Waals surface area contributed by atoms with Crippen LogP contribution >= 0.6 is 0 Å². The molecule has 1 N–H and O–H groups in total. The first kappa shape index (κ1) is 13.3. The molecule has 3 nitrogen and oxygen atoms in total. The van der Waals surface area contributed by atoms with Crippen LogP contribution in [0.15, 0.2) is 0 Å². The molecule has 2 unspecified atom stereocenters. The molecule has 1 saturated carbocycles. The van der Waals surface area contributed by atoms with E-state index in [2.05, 4.69) is 31.0 Å². The Morgan fingerprint density at radius 2 is 2.06 bits per heavy atom. The zero-order valence-corrected chi connectivity index (χ0v) is 11.6. The normalized spacial score (nSPS) is 30.2. The van der Waals surface area contributed by atoms with Crippen molar-refractivity contribution >= 4 is 0 Å². The van der Waals surface area contributed by atoms with Gasteiger partial charge in [-0.25, -0.2) is 0 Å². The number of nitrogens with zero attached hydrogens (tertiary/aromatic N) is 1. The lowest BCUT2D eigenvalue weighted by Gasteiger charge is -2.41. The average Bonchev–Trinajstić information content (AvgIpc) is 3.11. The van der Waals surface area contributed by atoms with Crippen LogP contribution in [0.4, 0.5) is 0 Å². The third-order valence-corrected chi connectivity index (χ3v) is 3.81. The molecule has 0 spiro atoms. The predicted molar refractivity (Wildman–Crippen MR) is 71.3 cm³/mol. The maximum atomic E-state index is 5.72. The Hall–Kier alpha value is -0.120. The van der Waals surface area contributed by atoms with Gasteiger partial charge in [-0.15, -0.1) is 0 Å². The van der Waals surface area contributed by atoms with E-state index in [1.165, 1.54) is 25.8 Å². The molecule has 1 heterocycles. The summed E-state index contributed by atoms with van der Waals surface area (Å²) in [6, 6.07) is 2.07. The first-order chi connectivity index (χ1) is 8.22. The van der Waals surface area contributed by atoms with Gasteiger partial charge in [0.1, 0.15) is 0 Å². The molecular weight excluding hydrogens is 212 g/mol. The van der Waals surface area contributed by atoms with E-state index in [0.29, 0.717) is 12.1 Å². The fraction of sp³-hybridized carbons (Fsp3) is 1.00. The van der Waals surface area contributed by atoms with Crippen LogP contribution in [0.5, 0.6) is 0 Å². The molecule has 0 amide bonds. The zero-order chi connectivity index (χ0) is 12.3. The summed E-state index contributed by atoms with van der Waals surface area (Å²) < 4.78 is 5.72. The van der Waals surface area contributed by atoms with Crippen LogP contribution in [0.3, 0.4) is 0 Å². The minimum absolute atomic E-state index is 0.596. The second kappa shape index (κ2) is 6.17. The maximum absolute atomic E-state index is 5.72. The highest BCUT2D eigenvalue weighted by atomic mass is 16.5. The Morgan fingerprint density at radius 3 is 2.65 bits per heavy atom. The Labute approximate surface area is 106 Å². The second-order valence-electron chi connectivity index (χ2n) is 5.92. The van der Waals surface area contributed by atoms with E-state index in [1.807, 2.05) is 0 Å². The molecule has 0 radical (unpaired) electrons. The quantitative estimate of drug-likeness (QED) is 0.767. The van der Waals surface area contributed by atoms with Crippen molar-refractivity contribution in [3.05, 3.63) is 0 Å². The van der Waals surface area contributed by atoms with Crippen molar-refractivity contribution in [1.82, 2.24) is 10.2 Å². The summed E-state index contributed by atoms with van der Waals surface area (Å²) in [7, 11) is 0. The summed E-state index contributed by atoms with van der Waals surface area (Å²) in [5.74, 6) is 0.750. The van der Waals surface area contributed by atoms with Gasteiger partial charge in [0.2, 0.25) is 0 Å². The Bertz CT molecular complexity index is 226. The van der Waals surface area contributed by atoms with Crippen molar-refractivity contribution in [1.29, 1.82) is 0 Å². The van der Waals surface area contributed by atoms with Crippen LogP contribution in [0.2, 0.25) is 0 Å². The molecule has 17 heavy (non-hydrogen) atoms. The number of likely N-dealkylation sites (N-methyl/N-ethyl adjacent to an activating group) is 1. The van der Waals surface area contributed by atoms with Gasteiger partial charge < -0.3 is 10.1 Å². The largest absolute Gasteiger partial charge is 0.380 e. The highest BCUT2D eigenvalue weighted by molar-refractivity contribution is 4.95. The molecule has 2 atom stereocenters. The van der Waals surface area contributed by atoms with Gasteiger partial charge in [-0.1, -0.05) is 20.8 Å². The van der Waals surface area contributed by atoms with Gasteiger partial charge >= 0.3 is 0 Å². The summed E-state index contributed by atoms with van der Waals surface area (Å²) in [6.07, 6.45) is 3.95. The maximum Gasteiger partial charge on any atom is 0.0637 e. The summed E-state index contributed by atoms with van der Waals surface area (Å²) in [6.45, 7) is 11.0. The van der Waals surface area contributed by atoms with Gasteiger partial charge in [0.25, 0.3) is 0 Å². The van der Waals surface area contributed by atoms with Gasteiger partial charge in [-0.3, -0.25) is 4.90 Å². The van der Waals surface area contributed by atoms with Crippen LogP contribution in [-0.2, 0) is 4.74 Å². The summed E-state index contributed by atoms with van der Waals surface area (Å²) in [4.78, 5) is 2.72. The zero-order valence-electron chi connectivity index (χ0n) is 11.6. The van der Waals surface area contributed by atoms with Gasteiger partial charge in [0.15, 0.2) is 0 Å². The van der Waals surface area contributed by atoms with Crippen LogP contribution in [0, 0.1) is 5.92 Å². The minimum Gasteiger partial charge on any atom is -0.380 e. The number of rotatable bonds is 6. The van der Waals surface area contributed by atoms with Crippen LogP contribution in [0.25, 0.3) is 0 Å². The lowest BCUT2D eigenvalue weighted by molar-refractivity contribution is -0.0101. The van der Waals surface area contributed by atoms with Crippen molar-refractivity contribution in [2.24, 2.45) is 5.92 Å². The lowest BCUT2D eigenvalue weighted by Crippen LogP contribution is -2.56. The van der Waals surface area contributed by atoms with Crippen molar-refractivity contribution in [3.8, 4) is 0 Å². The molecule has 1 aliphatic carbocycles. The summed E-state index contributed by atoms with van der Waals surface area (Å²) in [5, 5.41) is 3.65. The van der Waals surface area contributed by atoms with Crippen molar-refractivity contribution in [3.63, 3.8) is 0 Å². The number of nitrogens with one attached hydrogen (secondary N) is 1. The van der Waals surface area contributed by atoms with E-state index in [4.69, 9.17) is 4.74 Å². The topological polar surface area (TPSA) is 24.5 Å². The molecular formula is C14H28N2O. The highest BCUT2D eigenvalue weighted by Gasteiger charge is 2.38. The third-order valence-electron chi connectivity index (χ3n) is 3.81. The monoisotopic (exact) mass is 240 g/mol. The molecule has 0 aromatic rings. The number of hydrogen-bond acceptors (Lipinski definition) is 3. The smallest absolute Gasteiger partial charge is 0.0637 e. The van der Waals surface area contributed by atoms with E-state index in [9.17, 15) is 0 Å². The fourth-order valence-corrected chi connectivity index (χ4v) is 2.93. The molecule has 2 fully saturated rings. The van der Waals surface area contributed by atoms with Crippen molar-refractivity contribution < 1.29 is 4.74 Å². The highest BCUT2D eigenvalue weighted by Crippen LogP contribution is 2.31. The molecule has 0 aromatic carbocycles. The van der Waals surface area contributed by atoms with E-state index >= 15 is 0 Å². The Morgan fingerprint density at radius 1 is 1.29 bits per heavy atom. The number of hydrogen-bond donors (Lipinski definition) is 1. The van der Waals surface area contributed by atoms with Gasteiger partial charge in [0.05, 0.1) is 6.61 Å². The van der Waals surface area contributed by atoms with Crippen molar-refractivity contribution in [2.75, 3.05) is 26.3 Å². The standard InChI is InChI=1S/C14H28N2O/c1-4-15-13-7-8-17-10-14(13)16(9-11(2)3)12-5-6-12/h11-15H,4-10H2,1-3H3. The van der Waals surface area contributed by atoms with Gasteiger partial charge in [0, 0.05) is 31.3 Å². The minimum atomic E-state index is 0.596. The first-order valence-corrected chi connectivity index (χ1v) is 7.29. The molecule has 3 heteroatoms. The predicted octanol–water partition coefficient (Wildman–Crippen LogP) is 1.87. The molecule has 2 rings (SSSR count). The molecule has 0 bridgehead atoms. The average molecular weight is 240 g/mol. The number of ether oxygens (including phenoxy) is 1. The van der Waals surface area contributed by atoms with Crippen LogP contribution in [0.1, 0.15) is 40.0 Å². The Balaban J connectivity index is 1.98. The Kier molecular flexibility index (Phi) is 4.83. The molecule has 1 aliphatic heterocycles. The van der Waals surface area contributed by atoms with Crippen LogP contribution in [-0.4, -0.2) is 49.3 Å². The van der Waals surface area contributed by atoms with E-state index < -0.39 is 0 Å². The third kappa shape index (κ3) is 3.67.